The fraction of sp³-hybridized carbons (Fsp3) is 0.533. The maximum atomic E-state index is 12.9. The molecule has 1 aromatic carbocycles. The number of anilines is 1. The van der Waals surface area contributed by atoms with Crippen LogP contribution in [-0.2, 0) is 4.79 Å². The van der Waals surface area contributed by atoms with E-state index in [0.717, 1.165) is 18.8 Å². The third kappa shape index (κ3) is 3.10. The molecule has 0 atom stereocenters. The van der Waals surface area contributed by atoms with Crippen LogP contribution in [0.5, 0.6) is 0 Å². The highest BCUT2D eigenvalue weighted by molar-refractivity contribution is 5.88. The van der Waals surface area contributed by atoms with E-state index < -0.39 is 5.54 Å². The molecule has 1 heterocycles. The molecule has 0 unspecified atom stereocenters. The van der Waals surface area contributed by atoms with Gasteiger partial charge in [-0.25, -0.2) is 4.39 Å². The molecular weight excluding hydrogens is 257 g/mol. The van der Waals surface area contributed by atoms with Gasteiger partial charge in [-0.1, -0.05) is 0 Å². The van der Waals surface area contributed by atoms with E-state index in [1.807, 2.05) is 0 Å². The number of hydrogen-bond acceptors (Lipinski definition) is 3. The molecule has 1 amide bonds. The van der Waals surface area contributed by atoms with E-state index in [-0.39, 0.29) is 11.7 Å². The Balaban J connectivity index is 2.12. The predicted molar refractivity (Wildman–Crippen MR) is 77.9 cm³/mol. The standard InChI is InChI=1S/C15H22FN3O/c1-11(2)19-9-7-15(8-10-19,14(17)20)18-13-5-3-12(16)4-6-13/h3-6,11,18H,7-10H2,1-2H3,(H2,17,20). The molecule has 4 nitrogen and oxygen atoms in total. The molecule has 0 aromatic heterocycles. The molecule has 5 heteroatoms. The number of piperidine rings is 1. The second kappa shape index (κ2) is 5.79. The van der Waals surface area contributed by atoms with Crippen LogP contribution in [0.1, 0.15) is 26.7 Å². The van der Waals surface area contributed by atoms with Crippen LogP contribution in [0.2, 0.25) is 0 Å². The molecule has 0 saturated carbocycles. The molecule has 0 radical (unpaired) electrons. The first-order valence-electron chi connectivity index (χ1n) is 7.01. The van der Waals surface area contributed by atoms with Crippen LogP contribution in [0.4, 0.5) is 10.1 Å². The molecule has 110 valence electrons. The predicted octanol–water partition coefficient (Wildman–Crippen LogP) is 1.97. The summed E-state index contributed by atoms with van der Waals surface area (Å²) >= 11 is 0. The summed E-state index contributed by atoms with van der Waals surface area (Å²) in [6.07, 6.45) is 1.33. The summed E-state index contributed by atoms with van der Waals surface area (Å²) in [6, 6.07) is 6.48. The molecule has 1 aliphatic heterocycles. The number of carbonyl (C=O) groups excluding carboxylic acids is 1. The lowest BCUT2D eigenvalue weighted by Gasteiger charge is -2.42. The quantitative estimate of drug-likeness (QED) is 0.886. The number of rotatable bonds is 4. The number of hydrogen-bond donors (Lipinski definition) is 2. The van der Waals surface area contributed by atoms with Crippen molar-refractivity contribution in [3.63, 3.8) is 0 Å². The normalized spacial score (nSPS) is 19.0. The smallest absolute Gasteiger partial charge is 0.243 e. The van der Waals surface area contributed by atoms with Crippen LogP contribution in [0.3, 0.4) is 0 Å². The van der Waals surface area contributed by atoms with E-state index in [1.54, 1.807) is 12.1 Å². The summed E-state index contributed by atoms with van der Waals surface area (Å²) in [7, 11) is 0. The van der Waals surface area contributed by atoms with E-state index in [9.17, 15) is 9.18 Å². The van der Waals surface area contributed by atoms with Crippen molar-refractivity contribution in [2.45, 2.75) is 38.3 Å². The second-order valence-electron chi connectivity index (χ2n) is 5.71. The van der Waals surface area contributed by atoms with Gasteiger partial charge in [-0.15, -0.1) is 0 Å². The van der Waals surface area contributed by atoms with Crippen molar-refractivity contribution in [1.82, 2.24) is 4.90 Å². The van der Waals surface area contributed by atoms with E-state index in [4.69, 9.17) is 5.73 Å². The fourth-order valence-electron chi connectivity index (χ4n) is 2.66. The van der Waals surface area contributed by atoms with Crippen LogP contribution in [-0.4, -0.2) is 35.5 Å². The molecule has 1 aliphatic rings. The zero-order valence-corrected chi connectivity index (χ0v) is 12.0. The van der Waals surface area contributed by atoms with Gasteiger partial charge in [0.1, 0.15) is 11.4 Å². The minimum absolute atomic E-state index is 0.293. The highest BCUT2D eigenvalue weighted by Gasteiger charge is 2.40. The molecular formula is C15H22FN3O. The number of likely N-dealkylation sites (tertiary alicyclic amines) is 1. The maximum absolute atomic E-state index is 12.9. The average molecular weight is 279 g/mol. The summed E-state index contributed by atoms with van der Waals surface area (Å²) in [5.41, 5.74) is 5.60. The number of nitrogens with one attached hydrogen (secondary N) is 1. The van der Waals surface area contributed by atoms with Gasteiger partial charge in [0, 0.05) is 24.8 Å². The first-order chi connectivity index (χ1) is 9.43. The molecule has 2 rings (SSSR count). The van der Waals surface area contributed by atoms with Gasteiger partial charge in [0.15, 0.2) is 0 Å². The van der Waals surface area contributed by atoms with E-state index in [2.05, 4.69) is 24.1 Å². The SMILES string of the molecule is CC(C)N1CCC(Nc2ccc(F)cc2)(C(N)=O)CC1. The van der Waals surface area contributed by atoms with Crippen LogP contribution >= 0.6 is 0 Å². The van der Waals surface area contributed by atoms with Crippen LogP contribution < -0.4 is 11.1 Å². The van der Waals surface area contributed by atoms with Gasteiger partial charge in [-0.3, -0.25) is 4.79 Å². The summed E-state index contributed by atoms with van der Waals surface area (Å²) in [4.78, 5) is 14.2. The monoisotopic (exact) mass is 279 g/mol. The van der Waals surface area contributed by atoms with Crippen LogP contribution in [0.15, 0.2) is 24.3 Å². The number of halogens is 1. The van der Waals surface area contributed by atoms with Gasteiger partial charge in [-0.05, 0) is 51.0 Å². The minimum Gasteiger partial charge on any atom is -0.371 e. The third-order valence-electron chi connectivity index (χ3n) is 4.08. The van der Waals surface area contributed by atoms with E-state index in [0.29, 0.717) is 18.9 Å². The summed E-state index contributed by atoms with van der Waals surface area (Å²) in [6.45, 7) is 5.94. The molecule has 1 fully saturated rings. The number of primary amides is 1. The highest BCUT2D eigenvalue weighted by Crippen LogP contribution is 2.28. The number of carbonyl (C=O) groups is 1. The Hall–Kier alpha value is -1.62. The molecule has 1 saturated heterocycles. The summed E-state index contributed by atoms with van der Waals surface area (Å²) in [5.74, 6) is -0.636. The number of nitrogens with zero attached hydrogens (tertiary/aromatic N) is 1. The average Bonchev–Trinajstić information content (AvgIpc) is 2.42. The lowest BCUT2D eigenvalue weighted by atomic mass is 9.86. The second-order valence-corrected chi connectivity index (χ2v) is 5.71. The topological polar surface area (TPSA) is 58.4 Å². The highest BCUT2D eigenvalue weighted by atomic mass is 19.1. The number of nitrogens with two attached hydrogens (primary N) is 1. The third-order valence-corrected chi connectivity index (χ3v) is 4.08. The molecule has 0 spiro atoms. The Morgan fingerprint density at radius 1 is 1.30 bits per heavy atom. The van der Waals surface area contributed by atoms with Crippen molar-refractivity contribution in [2.24, 2.45) is 5.73 Å². The molecule has 0 aliphatic carbocycles. The lowest BCUT2D eigenvalue weighted by Crippen LogP contribution is -2.57. The van der Waals surface area contributed by atoms with E-state index in [1.165, 1.54) is 12.1 Å². The van der Waals surface area contributed by atoms with Crippen LogP contribution in [0.25, 0.3) is 0 Å². The van der Waals surface area contributed by atoms with Crippen molar-refractivity contribution in [1.29, 1.82) is 0 Å². The first-order valence-corrected chi connectivity index (χ1v) is 7.01. The lowest BCUT2D eigenvalue weighted by molar-refractivity contribution is -0.124. The maximum Gasteiger partial charge on any atom is 0.243 e. The zero-order chi connectivity index (χ0) is 14.8. The van der Waals surface area contributed by atoms with Crippen molar-refractivity contribution < 1.29 is 9.18 Å². The van der Waals surface area contributed by atoms with Crippen LogP contribution in [0, 0.1) is 5.82 Å². The van der Waals surface area contributed by atoms with E-state index >= 15 is 0 Å². The molecule has 1 aromatic rings. The van der Waals surface area contributed by atoms with Gasteiger partial charge in [0.2, 0.25) is 5.91 Å². The Morgan fingerprint density at radius 3 is 2.30 bits per heavy atom. The fourth-order valence-corrected chi connectivity index (χ4v) is 2.66. The van der Waals surface area contributed by atoms with Gasteiger partial charge in [-0.2, -0.15) is 0 Å². The zero-order valence-electron chi connectivity index (χ0n) is 12.0. The largest absolute Gasteiger partial charge is 0.371 e. The number of benzene rings is 1. The molecule has 3 N–H and O–H groups in total. The Labute approximate surface area is 119 Å². The van der Waals surface area contributed by atoms with Crippen molar-refractivity contribution in [3.05, 3.63) is 30.1 Å². The van der Waals surface area contributed by atoms with Crippen molar-refractivity contribution in [3.8, 4) is 0 Å². The Morgan fingerprint density at radius 2 is 1.85 bits per heavy atom. The van der Waals surface area contributed by atoms with Gasteiger partial charge >= 0.3 is 0 Å². The molecule has 0 bridgehead atoms. The van der Waals surface area contributed by atoms with Gasteiger partial charge in [0.25, 0.3) is 0 Å². The number of amides is 1. The Bertz CT molecular complexity index is 465. The van der Waals surface area contributed by atoms with Crippen molar-refractivity contribution in [2.75, 3.05) is 18.4 Å². The minimum atomic E-state index is -0.733. The molecule has 20 heavy (non-hydrogen) atoms. The van der Waals surface area contributed by atoms with Gasteiger partial charge < -0.3 is 16.0 Å². The van der Waals surface area contributed by atoms with Gasteiger partial charge in [0.05, 0.1) is 0 Å². The Kier molecular flexibility index (Phi) is 4.28. The summed E-state index contributed by atoms with van der Waals surface area (Å²) in [5, 5.41) is 3.21. The first kappa shape index (κ1) is 14.8. The summed E-state index contributed by atoms with van der Waals surface area (Å²) < 4.78 is 12.9. The van der Waals surface area contributed by atoms with Crippen molar-refractivity contribution >= 4 is 11.6 Å².